The lowest BCUT2D eigenvalue weighted by atomic mass is 10.1. The monoisotopic (exact) mass is 401 g/mol. The van der Waals surface area contributed by atoms with E-state index in [9.17, 15) is 14.4 Å². The molecule has 3 N–H and O–H groups in total. The molecule has 1 aliphatic heterocycles. The highest BCUT2D eigenvalue weighted by Gasteiger charge is 2.35. The summed E-state index contributed by atoms with van der Waals surface area (Å²) in [5.74, 6) is -0.686. The third-order valence-corrected chi connectivity index (χ3v) is 5.06. The topological polar surface area (TPSA) is 109 Å². The van der Waals surface area contributed by atoms with Gasteiger partial charge in [0.25, 0.3) is 0 Å². The molecule has 0 bridgehead atoms. The zero-order valence-corrected chi connectivity index (χ0v) is 17.4. The number of carbonyl (C=O) groups excluding carboxylic acids is 3. The fraction of sp³-hybridized carbons (Fsp3) is 0.524. The normalized spacial score (nSPS) is 18.1. The van der Waals surface area contributed by atoms with Crippen molar-refractivity contribution in [1.82, 2.24) is 20.1 Å². The smallest absolute Gasteiger partial charge is 0.249 e. The summed E-state index contributed by atoms with van der Waals surface area (Å²) >= 11 is 0. The lowest BCUT2D eigenvalue weighted by Crippen LogP contribution is -2.54. The number of pyridine rings is 1. The Bertz CT molecular complexity index is 750. The Kier molecular flexibility index (Phi) is 7.90. The maximum absolute atomic E-state index is 13.2. The molecule has 0 spiro atoms. The van der Waals surface area contributed by atoms with E-state index < -0.39 is 18.0 Å². The minimum Gasteiger partial charge on any atom is -0.339 e. The molecule has 3 amide bonds. The molecule has 1 aliphatic rings. The molecule has 1 fully saturated rings. The first-order valence-corrected chi connectivity index (χ1v) is 9.88. The van der Waals surface area contributed by atoms with E-state index in [1.165, 1.54) is 6.92 Å². The molecule has 2 heterocycles. The molecule has 1 saturated heterocycles. The second kappa shape index (κ2) is 10.2. The van der Waals surface area contributed by atoms with Gasteiger partial charge in [-0.1, -0.05) is 12.6 Å². The predicted molar refractivity (Wildman–Crippen MR) is 110 cm³/mol. The van der Waals surface area contributed by atoms with Crippen LogP contribution in [0.15, 0.2) is 36.5 Å². The molecule has 2 rings (SSSR count). The van der Waals surface area contributed by atoms with E-state index in [-0.39, 0.29) is 17.9 Å². The number of likely N-dealkylation sites (tertiary alicyclic amines) is 1. The van der Waals surface area contributed by atoms with Gasteiger partial charge in [0, 0.05) is 32.3 Å². The lowest BCUT2D eigenvalue weighted by Gasteiger charge is -2.33. The molecule has 0 unspecified atom stereocenters. The number of aromatic nitrogens is 1. The van der Waals surface area contributed by atoms with Crippen LogP contribution in [0.4, 0.5) is 0 Å². The number of nitrogens with zero attached hydrogens (tertiary/aromatic N) is 3. The van der Waals surface area contributed by atoms with Gasteiger partial charge < -0.3 is 20.9 Å². The molecule has 1 aromatic rings. The lowest BCUT2D eigenvalue weighted by molar-refractivity contribution is -0.138. The van der Waals surface area contributed by atoms with Crippen molar-refractivity contribution >= 4 is 17.7 Å². The predicted octanol–water partition coefficient (Wildman–Crippen LogP) is 0.829. The second-order valence-corrected chi connectivity index (χ2v) is 7.62. The summed E-state index contributed by atoms with van der Waals surface area (Å²) in [4.78, 5) is 45.1. The zero-order chi connectivity index (χ0) is 21.6. The Labute approximate surface area is 172 Å². The highest BCUT2D eigenvalue weighted by molar-refractivity contribution is 5.92. The third-order valence-electron chi connectivity index (χ3n) is 5.06. The summed E-state index contributed by atoms with van der Waals surface area (Å²) in [6, 6.07) is 3.91. The number of hydrogen-bond donors (Lipinski definition) is 2. The summed E-state index contributed by atoms with van der Waals surface area (Å²) in [6.07, 6.45) is 3.33. The van der Waals surface area contributed by atoms with E-state index in [2.05, 4.69) is 16.9 Å². The van der Waals surface area contributed by atoms with E-state index in [0.29, 0.717) is 25.2 Å². The van der Waals surface area contributed by atoms with Gasteiger partial charge in [0.15, 0.2) is 0 Å². The number of carbonyl (C=O) groups is 3. The van der Waals surface area contributed by atoms with Crippen LogP contribution in [0.5, 0.6) is 0 Å². The quantitative estimate of drug-likeness (QED) is 0.627. The summed E-state index contributed by atoms with van der Waals surface area (Å²) in [5.41, 5.74) is 6.96. The number of nitrogens with one attached hydrogen (secondary N) is 1. The van der Waals surface area contributed by atoms with Gasteiger partial charge >= 0.3 is 0 Å². The highest BCUT2D eigenvalue weighted by atomic mass is 16.2. The number of nitrogens with two attached hydrogens (primary N) is 1. The van der Waals surface area contributed by atoms with Crippen molar-refractivity contribution in [2.24, 2.45) is 5.73 Å². The van der Waals surface area contributed by atoms with E-state index >= 15 is 0 Å². The third kappa shape index (κ3) is 6.12. The van der Waals surface area contributed by atoms with Crippen molar-refractivity contribution in [3.05, 3.63) is 42.2 Å². The van der Waals surface area contributed by atoms with Crippen LogP contribution in [0.1, 0.15) is 39.3 Å². The van der Waals surface area contributed by atoms with Crippen molar-refractivity contribution in [2.75, 3.05) is 13.1 Å². The van der Waals surface area contributed by atoms with Crippen LogP contribution in [-0.2, 0) is 20.9 Å². The van der Waals surface area contributed by atoms with Crippen molar-refractivity contribution in [3.8, 4) is 0 Å². The van der Waals surface area contributed by atoms with Gasteiger partial charge in [-0.25, -0.2) is 0 Å². The fourth-order valence-corrected chi connectivity index (χ4v) is 3.40. The Morgan fingerprint density at radius 3 is 2.66 bits per heavy atom. The van der Waals surface area contributed by atoms with E-state index in [1.54, 1.807) is 29.8 Å². The molecule has 0 aromatic carbocycles. The van der Waals surface area contributed by atoms with Gasteiger partial charge in [-0.3, -0.25) is 19.4 Å². The Hall–Kier alpha value is -2.74. The molecule has 3 atom stereocenters. The molecule has 0 aliphatic carbocycles. The summed E-state index contributed by atoms with van der Waals surface area (Å²) in [5, 5.41) is 2.68. The molecule has 158 valence electrons. The molecule has 8 heteroatoms. The van der Waals surface area contributed by atoms with Gasteiger partial charge in [0.1, 0.15) is 6.04 Å². The number of rotatable bonds is 8. The van der Waals surface area contributed by atoms with Gasteiger partial charge in [-0.05, 0) is 44.4 Å². The first kappa shape index (κ1) is 22.5. The van der Waals surface area contributed by atoms with Gasteiger partial charge in [-0.2, -0.15) is 0 Å². The fourth-order valence-electron chi connectivity index (χ4n) is 3.40. The number of amides is 3. The summed E-state index contributed by atoms with van der Waals surface area (Å²) in [6.45, 7) is 10.0. The zero-order valence-electron chi connectivity index (χ0n) is 17.4. The Morgan fingerprint density at radius 2 is 2.10 bits per heavy atom. The van der Waals surface area contributed by atoms with Gasteiger partial charge in [0.2, 0.25) is 17.7 Å². The largest absolute Gasteiger partial charge is 0.339 e. The van der Waals surface area contributed by atoms with Gasteiger partial charge in [0.05, 0.1) is 18.3 Å². The maximum atomic E-state index is 13.2. The minimum absolute atomic E-state index is 0.0725. The first-order chi connectivity index (χ1) is 13.7. The molecular formula is C21H31N5O3. The van der Waals surface area contributed by atoms with Crippen LogP contribution < -0.4 is 11.1 Å². The van der Waals surface area contributed by atoms with E-state index in [4.69, 9.17) is 5.73 Å². The van der Waals surface area contributed by atoms with Crippen LogP contribution in [0, 0.1) is 0 Å². The SMILES string of the molecule is C=C(C)[C@H](NC(=O)[C@H](C)N)C(=O)N1CCC[C@H]1CN(Cc1ccccn1)C(C)=O. The molecule has 0 radical (unpaired) electrons. The van der Waals surface area contributed by atoms with E-state index in [0.717, 1.165) is 18.5 Å². The van der Waals surface area contributed by atoms with Crippen molar-refractivity contribution in [1.29, 1.82) is 0 Å². The molecule has 1 aromatic heterocycles. The standard InChI is InChI=1S/C21H31N5O3/c1-14(2)19(24-20(28)15(3)22)21(29)26-11-7-9-18(26)13-25(16(4)27)12-17-8-5-6-10-23-17/h5-6,8,10,15,18-19H,1,7,9,11-13,22H2,2-4H3,(H,24,28)/t15-,18-,19-/m0/s1. The summed E-state index contributed by atoms with van der Waals surface area (Å²) < 4.78 is 0. The molecule has 8 nitrogen and oxygen atoms in total. The molecule has 29 heavy (non-hydrogen) atoms. The molecule has 0 saturated carbocycles. The average Bonchev–Trinajstić information content (AvgIpc) is 3.13. The first-order valence-electron chi connectivity index (χ1n) is 9.88. The van der Waals surface area contributed by atoms with Crippen molar-refractivity contribution in [3.63, 3.8) is 0 Å². The average molecular weight is 402 g/mol. The van der Waals surface area contributed by atoms with E-state index in [1.807, 2.05) is 18.2 Å². The highest BCUT2D eigenvalue weighted by Crippen LogP contribution is 2.21. The minimum atomic E-state index is -0.823. The van der Waals surface area contributed by atoms with Gasteiger partial charge in [-0.15, -0.1) is 0 Å². The maximum Gasteiger partial charge on any atom is 0.249 e. The van der Waals surface area contributed by atoms with Crippen molar-refractivity contribution < 1.29 is 14.4 Å². The van der Waals surface area contributed by atoms with Crippen LogP contribution in [-0.4, -0.2) is 63.7 Å². The van der Waals surface area contributed by atoms with Crippen LogP contribution in [0.2, 0.25) is 0 Å². The second-order valence-electron chi connectivity index (χ2n) is 7.62. The molecular weight excluding hydrogens is 370 g/mol. The van der Waals surface area contributed by atoms with Crippen LogP contribution in [0.25, 0.3) is 0 Å². The van der Waals surface area contributed by atoms with Crippen LogP contribution in [0.3, 0.4) is 0 Å². The van der Waals surface area contributed by atoms with Crippen molar-refractivity contribution in [2.45, 2.75) is 58.3 Å². The number of hydrogen-bond acceptors (Lipinski definition) is 5. The Balaban J connectivity index is 2.11. The summed E-state index contributed by atoms with van der Waals surface area (Å²) in [7, 11) is 0. The van der Waals surface area contributed by atoms with Crippen LogP contribution >= 0.6 is 0 Å². The Morgan fingerprint density at radius 1 is 1.38 bits per heavy atom.